The van der Waals surface area contributed by atoms with Gasteiger partial charge in [-0.05, 0) is 42.8 Å². The first-order valence-corrected chi connectivity index (χ1v) is 7.46. The summed E-state index contributed by atoms with van der Waals surface area (Å²) in [5.41, 5.74) is 8.57. The summed E-state index contributed by atoms with van der Waals surface area (Å²) in [7, 11) is 0. The van der Waals surface area contributed by atoms with Crippen molar-refractivity contribution in [2.24, 2.45) is 0 Å². The van der Waals surface area contributed by atoms with E-state index in [-0.39, 0.29) is 5.91 Å². The third-order valence-electron chi connectivity index (χ3n) is 3.02. The zero-order chi connectivity index (χ0) is 15.0. The molecule has 3 N–H and O–H groups in total. The molecule has 3 aromatic rings. The average molecular weight is 318 g/mol. The molecule has 0 fully saturated rings. The van der Waals surface area contributed by atoms with Crippen LogP contribution in [0.1, 0.15) is 15.9 Å². The van der Waals surface area contributed by atoms with Gasteiger partial charge in [-0.2, -0.15) is 0 Å². The molecule has 2 aromatic carbocycles. The predicted molar refractivity (Wildman–Crippen MR) is 88.2 cm³/mol. The van der Waals surface area contributed by atoms with E-state index in [2.05, 4.69) is 10.3 Å². The van der Waals surface area contributed by atoms with E-state index < -0.39 is 0 Å². The van der Waals surface area contributed by atoms with Crippen LogP contribution in [0.3, 0.4) is 0 Å². The van der Waals surface area contributed by atoms with E-state index in [1.165, 1.54) is 11.3 Å². The molecule has 0 unspecified atom stereocenters. The van der Waals surface area contributed by atoms with Gasteiger partial charge in [0.15, 0.2) is 5.13 Å². The Morgan fingerprint density at radius 1 is 1.29 bits per heavy atom. The maximum absolute atomic E-state index is 12.2. The van der Waals surface area contributed by atoms with Crippen LogP contribution >= 0.6 is 22.9 Å². The van der Waals surface area contributed by atoms with Gasteiger partial charge in [0.05, 0.1) is 20.9 Å². The first kappa shape index (κ1) is 13.9. The van der Waals surface area contributed by atoms with E-state index >= 15 is 0 Å². The Hall–Kier alpha value is -2.11. The monoisotopic (exact) mass is 317 g/mol. The largest absolute Gasteiger partial charge is 0.398 e. The summed E-state index contributed by atoms with van der Waals surface area (Å²) in [6.07, 6.45) is 0. The first-order chi connectivity index (χ1) is 10.0. The number of aromatic nitrogens is 1. The van der Waals surface area contributed by atoms with Crippen LogP contribution in [-0.2, 0) is 0 Å². The van der Waals surface area contributed by atoms with Crippen LogP contribution < -0.4 is 11.1 Å². The first-order valence-electron chi connectivity index (χ1n) is 6.26. The van der Waals surface area contributed by atoms with Crippen molar-refractivity contribution in [2.75, 3.05) is 11.1 Å². The number of nitrogens with two attached hydrogens (primary N) is 1. The second-order valence-electron chi connectivity index (χ2n) is 4.68. The fraction of sp³-hybridized carbons (Fsp3) is 0.0667. The Bertz CT molecular complexity index is 844. The molecule has 0 bridgehead atoms. The summed E-state index contributed by atoms with van der Waals surface area (Å²) < 4.78 is 1.04. The number of nitrogens with zero attached hydrogens (tertiary/aromatic N) is 1. The molecule has 3 rings (SSSR count). The second-order valence-corrected chi connectivity index (χ2v) is 6.12. The number of benzene rings is 2. The Balaban J connectivity index is 1.87. The number of rotatable bonds is 2. The molecular weight excluding hydrogens is 306 g/mol. The fourth-order valence-electron chi connectivity index (χ4n) is 1.94. The van der Waals surface area contributed by atoms with Crippen LogP contribution in [-0.4, -0.2) is 10.9 Å². The third kappa shape index (κ3) is 2.84. The minimum Gasteiger partial charge on any atom is -0.398 e. The number of thiazole rings is 1. The number of carbonyl (C=O) groups is 1. The molecule has 0 aliphatic carbocycles. The summed E-state index contributed by atoms with van der Waals surface area (Å²) in [6, 6.07) is 10.8. The van der Waals surface area contributed by atoms with Gasteiger partial charge in [-0.15, -0.1) is 0 Å². The van der Waals surface area contributed by atoms with Gasteiger partial charge in [0.2, 0.25) is 0 Å². The lowest BCUT2D eigenvalue weighted by Gasteiger charge is -2.03. The molecule has 106 valence electrons. The van der Waals surface area contributed by atoms with Crippen molar-refractivity contribution in [1.82, 2.24) is 4.98 Å². The van der Waals surface area contributed by atoms with Crippen molar-refractivity contribution in [1.29, 1.82) is 0 Å². The molecule has 0 radical (unpaired) electrons. The van der Waals surface area contributed by atoms with Crippen LogP contribution in [0.25, 0.3) is 10.2 Å². The van der Waals surface area contributed by atoms with Gasteiger partial charge in [-0.3, -0.25) is 10.1 Å². The number of nitrogens with one attached hydrogen (secondary N) is 1. The van der Waals surface area contributed by atoms with Gasteiger partial charge in [0.1, 0.15) is 0 Å². The topological polar surface area (TPSA) is 68.0 Å². The van der Waals surface area contributed by atoms with E-state index in [0.717, 1.165) is 15.8 Å². The summed E-state index contributed by atoms with van der Waals surface area (Å²) in [4.78, 5) is 16.6. The smallest absolute Gasteiger partial charge is 0.257 e. The zero-order valence-corrected chi connectivity index (χ0v) is 12.8. The highest BCUT2D eigenvalue weighted by Gasteiger charge is 2.11. The van der Waals surface area contributed by atoms with E-state index in [9.17, 15) is 4.79 Å². The Morgan fingerprint density at radius 2 is 2.10 bits per heavy atom. The standard InChI is InChI=1S/C15H12ClN3OS/c1-8-2-5-12-13(6-8)21-15(18-12)19-14(20)9-3-4-10(16)11(17)7-9/h2-7H,17H2,1H3,(H,18,19,20). The molecule has 0 saturated heterocycles. The lowest BCUT2D eigenvalue weighted by Crippen LogP contribution is -2.11. The van der Waals surface area contributed by atoms with Gasteiger partial charge in [-0.25, -0.2) is 4.98 Å². The molecule has 1 heterocycles. The summed E-state index contributed by atoms with van der Waals surface area (Å²) in [6.45, 7) is 2.02. The number of halogens is 1. The summed E-state index contributed by atoms with van der Waals surface area (Å²) in [5.74, 6) is -0.255. The lowest BCUT2D eigenvalue weighted by atomic mass is 10.2. The minimum atomic E-state index is -0.255. The molecule has 21 heavy (non-hydrogen) atoms. The van der Waals surface area contributed by atoms with Gasteiger partial charge in [0, 0.05) is 5.56 Å². The van der Waals surface area contributed by atoms with Crippen LogP contribution in [0.4, 0.5) is 10.8 Å². The number of anilines is 2. The molecule has 6 heteroatoms. The van der Waals surface area contributed by atoms with Gasteiger partial charge in [-0.1, -0.05) is 29.0 Å². The van der Waals surface area contributed by atoms with E-state index in [1.807, 2.05) is 25.1 Å². The van der Waals surface area contributed by atoms with Crippen molar-refractivity contribution in [3.05, 3.63) is 52.5 Å². The molecule has 1 aromatic heterocycles. The van der Waals surface area contributed by atoms with Gasteiger partial charge in [0.25, 0.3) is 5.91 Å². The van der Waals surface area contributed by atoms with Crippen LogP contribution in [0.5, 0.6) is 0 Å². The van der Waals surface area contributed by atoms with Crippen LogP contribution in [0.2, 0.25) is 5.02 Å². The van der Waals surface area contributed by atoms with Crippen molar-refractivity contribution in [2.45, 2.75) is 6.92 Å². The zero-order valence-electron chi connectivity index (χ0n) is 11.2. The number of amides is 1. The number of aryl methyl sites for hydroxylation is 1. The predicted octanol–water partition coefficient (Wildman–Crippen LogP) is 4.09. The van der Waals surface area contributed by atoms with E-state index in [1.54, 1.807) is 18.2 Å². The molecule has 0 aliphatic rings. The van der Waals surface area contributed by atoms with Crippen molar-refractivity contribution in [3.63, 3.8) is 0 Å². The molecule has 0 atom stereocenters. The van der Waals surface area contributed by atoms with Crippen LogP contribution in [0, 0.1) is 6.92 Å². The number of nitrogen functional groups attached to an aromatic ring is 1. The number of carbonyl (C=O) groups excluding carboxylic acids is 1. The van der Waals surface area contributed by atoms with Crippen molar-refractivity contribution < 1.29 is 4.79 Å². The van der Waals surface area contributed by atoms with E-state index in [4.69, 9.17) is 17.3 Å². The average Bonchev–Trinajstić information content (AvgIpc) is 2.83. The lowest BCUT2D eigenvalue weighted by molar-refractivity contribution is 0.102. The van der Waals surface area contributed by atoms with Crippen LogP contribution in [0.15, 0.2) is 36.4 Å². The Kier molecular flexibility index (Phi) is 3.53. The minimum absolute atomic E-state index is 0.255. The van der Waals surface area contributed by atoms with Gasteiger partial charge >= 0.3 is 0 Å². The van der Waals surface area contributed by atoms with Crippen molar-refractivity contribution >= 4 is 49.9 Å². The normalized spacial score (nSPS) is 10.8. The fourth-order valence-corrected chi connectivity index (χ4v) is 3.02. The molecule has 1 amide bonds. The SMILES string of the molecule is Cc1ccc2nc(NC(=O)c3ccc(Cl)c(N)c3)sc2c1. The van der Waals surface area contributed by atoms with E-state index in [0.29, 0.717) is 21.4 Å². The Labute approximate surface area is 130 Å². The Morgan fingerprint density at radius 3 is 2.86 bits per heavy atom. The molecule has 0 saturated carbocycles. The summed E-state index contributed by atoms with van der Waals surface area (Å²) in [5, 5.41) is 3.78. The molecular formula is C15H12ClN3OS. The highest BCUT2D eigenvalue weighted by atomic mass is 35.5. The summed E-state index contributed by atoms with van der Waals surface area (Å²) >= 11 is 7.29. The number of fused-ring (bicyclic) bond motifs is 1. The van der Waals surface area contributed by atoms with Crippen molar-refractivity contribution in [3.8, 4) is 0 Å². The molecule has 4 nitrogen and oxygen atoms in total. The quantitative estimate of drug-likeness (QED) is 0.699. The number of hydrogen-bond acceptors (Lipinski definition) is 4. The third-order valence-corrected chi connectivity index (χ3v) is 4.30. The molecule has 0 spiro atoms. The maximum atomic E-state index is 12.2. The highest BCUT2D eigenvalue weighted by Crippen LogP contribution is 2.27. The van der Waals surface area contributed by atoms with Gasteiger partial charge < -0.3 is 5.73 Å². The maximum Gasteiger partial charge on any atom is 0.257 e. The second kappa shape index (κ2) is 5.35. The highest BCUT2D eigenvalue weighted by molar-refractivity contribution is 7.22. The number of hydrogen-bond donors (Lipinski definition) is 2. The molecule has 0 aliphatic heterocycles.